The van der Waals surface area contributed by atoms with Gasteiger partial charge in [-0.25, -0.2) is 0 Å². The Labute approximate surface area is 196 Å². The summed E-state index contributed by atoms with van der Waals surface area (Å²) in [5.41, 5.74) is 1.79. The van der Waals surface area contributed by atoms with Crippen LogP contribution in [-0.2, 0) is 17.8 Å². The van der Waals surface area contributed by atoms with E-state index in [1.807, 2.05) is 66.8 Å². The molecule has 172 valence electrons. The fourth-order valence-electron chi connectivity index (χ4n) is 3.71. The highest BCUT2D eigenvalue weighted by Gasteiger charge is 2.21. The van der Waals surface area contributed by atoms with Crippen LogP contribution < -0.4 is 15.6 Å². The molecule has 1 N–H and O–H groups in total. The van der Waals surface area contributed by atoms with Crippen molar-refractivity contribution in [3.8, 4) is 5.75 Å². The van der Waals surface area contributed by atoms with Crippen molar-refractivity contribution >= 4 is 34.3 Å². The summed E-state index contributed by atoms with van der Waals surface area (Å²) in [6.45, 7) is 4.95. The van der Waals surface area contributed by atoms with Gasteiger partial charge >= 0.3 is 0 Å². The lowest BCUT2D eigenvalue weighted by atomic mass is 10.1. The molecule has 0 fully saturated rings. The van der Waals surface area contributed by atoms with Crippen LogP contribution in [0.4, 0.5) is 0 Å². The third-order valence-electron chi connectivity index (χ3n) is 5.45. The predicted octanol–water partition coefficient (Wildman–Crippen LogP) is 3.30. The van der Waals surface area contributed by atoms with Crippen LogP contribution in [0.2, 0.25) is 0 Å². The van der Waals surface area contributed by atoms with Crippen molar-refractivity contribution < 1.29 is 9.53 Å². The molecular formula is C24H27N5O3S. The number of methoxy groups -OCH3 is 1. The van der Waals surface area contributed by atoms with Gasteiger partial charge in [0.05, 0.1) is 23.3 Å². The van der Waals surface area contributed by atoms with Gasteiger partial charge in [0, 0.05) is 13.1 Å². The molecule has 1 atom stereocenters. The van der Waals surface area contributed by atoms with Gasteiger partial charge < -0.3 is 10.1 Å². The van der Waals surface area contributed by atoms with Crippen LogP contribution in [0.15, 0.2) is 58.5 Å². The minimum Gasteiger partial charge on any atom is -0.497 e. The van der Waals surface area contributed by atoms with Gasteiger partial charge in [0.1, 0.15) is 5.75 Å². The standard InChI is InChI=1S/C24H27N5O3S/c1-4-15-28-22(31)19-7-5-6-8-20(19)29-23(28)26-27-24(29)33-16(2)21(30)25-14-13-17-9-11-18(32-3)12-10-17/h5-12,16H,4,13-15H2,1-3H3,(H,25,30). The number of rotatable bonds is 9. The van der Waals surface area contributed by atoms with Crippen LogP contribution in [0.1, 0.15) is 25.8 Å². The SMILES string of the molecule is CCCn1c(=O)c2ccccc2n2c(SC(C)C(=O)NCCc3ccc(OC)cc3)nnc12. The van der Waals surface area contributed by atoms with E-state index < -0.39 is 0 Å². The van der Waals surface area contributed by atoms with Gasteiger partial charge in [0.15, 0.2) is 5.16 Å². The number of nitrogens with one attached hydrogen (secondary N) is 1. The molecule has 9 heteroatoms. The van der Waals surface area contributed by atoms with Crippen molar-refractivity contribution in [1.82, 2.24) is 24.5 Å². The summed E-state index contributed by atoms with van der Waals surface area (Å²) in [6.07, 6.45) is 1.53. The van der Waals surface area contributed by atoms with Crippen molar-refractivity contribution in [1.29, 1.82) is 0 Å². The molecule has 0 aliphatic rings. The molecule has 2 heterocycles. The monoisotopic (exact) mass is 465 g/mol. The Balaban J connectivity index is 1.51. The molecule has 0 bridgehead atoms. The molecule has 2 aromatic carbocycles. The number of fused-ring (bicyclic) bond motifs is 3. The zero-order valence-corrected chi connectivity index (χ0v) is 19.8. The van der Waals surface area contributed by atoms with Gasteiger partial charge in [-0.1, -0.05) is 43.0 Å². The third kappa shape index (κ3) is 4.73. The van der Waals surface area contributed by atoms with Crippen molar-refractivity contribution in [3.05, 3.63) is 64.4 Å². The molecule has 0 saturated heterocycles. The molecular weight excluding hydrogens is 438 g/mol. The highest BCUT2D eigenvalue weighted by Crippen LogP contribution is 2.25. The molecule has 8 nitrogen and oxygen atoms in total. The zero-order valence-electron chi connectivity index (χ0n) is 18.9. The van der Waals surface area contributed by atoms with E-state index in [0.29, 0.717) is 29.4 Å². The lowest BCUT2D eigenvalue weighted by molar-refractivity contribution is -0.120. The number of ether oxygens (including phenoxy) is 1. The van der Waals surface area contributed by atoms with E-state index >= 15 is 0 Å². The van der Waals surface area contributed by atoms with Gasteiger partial charge in [0.25, 0.3) is 5.56 Å². The average molecular weight is 466 g/mol. The van der Waals surface area contributed by atoms with E-state index in [9.17, 15) is 9.59 Å². The maximum atomic E-state index is 12.9. The van der Waals surface area contributed by atoms with Crippen LogP contribution in [-0.4, -0.2) is 44.0 Å². The molecule has 0 spiro atoms. The zero-order chi connectivity index (χ0) is 23.4. The second-order valence-electron chi connectivity index (χ2n) is 7.74. The summed E-state index contributed by atoms with van der Waals surface area (Å²) >= 11 is 1.33. The third-order valence-corrected chi connectivity index (χ3v) is 6.49. The van der Waals surface area contributed by atoms with E-state index in [4.69, 9.17) is 4.74 Å². The number of para-hydroxylation sites is 1. The van der Waals surface area contributed by atoms with E-state index in [1.54, 1.807) is 11.7 Å². The van der Waals surface area contributed by atoms with Crippen LogP contribution in [0, 0.1) is 0 Å². The summed E-state index contributed by atoms with van der Waals surface area (Å²) in [5, 5.41) is 12.4. The number of amides is 1. The summed E-state index contributed by atoms with van der Waals surface area (Å²) in [5.74, 6) is 1.23. The first kappa shape index (κ1) is 22.8. The van der Waals surface area contributed by atoms with Gasteiger partial charge in [-0.15, -0.1) is 10.2 Å². The number of aromatic nitrogens is 4. The minimum absolute atomic E-state index is 0.0727. The molecule has 33 heavy (non-hydrogen) atoms. The highest BCUT2D eigenvalue weighted by atomic mass is 32.2. The fourth-order valence-corrected chi connectivity index (χ4v) is 4.59. The Morgan fingerprint density at radius 3 is 2.64 bits per heavy atom. The van der Waals surface area contributed by atoms with Gasteiger partial charge in [-0.3, -0.25) is 18.6 Å². The fraction of sp³-hybridized carbons (Fsp3) is 0.333. The molecule has 0 radical (unpaired) electrons. The average Bonchev–Trinajstić information content (AvgIpc) is 3.25. The second-order valence-corrected chi connectivity index (χ2v) is 9.05. The van der Waals surface area contributed by atoms with E-state index in [1.165, 1.54) is 11.8 Å². The van der Waals surface area contributed by atoms with Crippen LogP contribution >= 0.6 is 11.8 Å². The number of benzene rings is 2. The number of hydrogen-bond acceptors (Lipinski definition) is 6. The number of aryl methyl sites for hydroxylation is 1. The Morgan fingerprint density at radius 1 is 1.15 bits per heavy atom. The summed E-state index contributed by atoms with van der Waals surface area (Å²) in [7, 11) is 1.64. The van der Waals surface area contributed by atoms with Crippen molar-refractivity contribution in [2.24, 2.45) is 0 Å². The normalized spacial score (nSPS) is 12.2. The molecule has 0 aliphatic carbocycles. The Hall–Kier alpha value is -3.33. The van der Waals surface area contributed by atoms with E-state index in [-0.39, 0.29) is 16.7 Å². The molecule has 1 amide bonds. The topological polar surface area (TPSA) is 90.5 Å². The summed E-state index contributed by atoms with van der Waals surface area (Å²) in [6, 6.07) is 15.2. The van der Waals surface area contributed by atoms with Crippen LogP contribution in [0.25, 0.3) is 16.7 Å². The smallest absolute Gasteiger partial charge is 0.262 e. The maximum absolute atomic E-state index is 12.9. The first-order chi connectivity index (χ1) is 16.0. The summed E-state index contributed by atoms with van der Waals surface area (Å²) in [4.78, 5) is 25.7. The number of carbonyl (C=O) groups is 1. The Kier molecular flexibility index (Phi) is 6.98. The largest absolute Gasteiger partial charge is 0.497 e. The van der Waals surface area contributed by atoms with Gasteiger partial charge in [-0.05, 0) is 49.6 Å². The number of nitrogens with zero attached hydrogens (tertiary/aromatic N) is 4. The number of carbonyl (C=O) groups excluding carboxylic acids is 1. The van der Waals surface area contributed by atoms with Crippen LogP contribution in [0.3, 0.4) is 0 Å². The maximum Gasteiger partial charge on any atom is 0.262 e. The second kappa shape index (κ2) is 10.1. The van der Waals surface area contributed by atoms with E-state index in [0.717, 1.165) is 29.7 Å². The lowest BCUT2D eigenvalue weighted by Gasteiger charge is -2.13. The number of thioether (sulfide) groups is 1. The van der Waals surface area contributed by atoms with Crippen LogP contribution in [0.5, 0.6) is 5.75 Å². The van der Waals surface area contributed by atoms with Crippen molar-refractivity contribution in [2.75, 3.05) is 13.7 Å². The Morgan fingerprint density at radius 2 is 1.91 bits per heavy atom. The molecule has 4 rings (SSSR count). The molecule has 2 aromatic heterocycles. The summed E-state index contributed by atoms with van der Waals surface area (Å²) < 4.78 is 8.70. The quantitative estimate of drug-likeness (QED) is 0.382. The Bertz CT molecular complexity index is 1330. The highest BCUT2D eigenvalue weighted by molar-refractivity contribution is 8.00. The van der Waals surface area contributed by atoms with Gasteiger partial charge in [0.2, 0.25) is 11.7 Å². The van der Waals surface area contributed by atoms with E-state index in [2.05, 4.69) is 15.5 Å². The lowest BCUT2D eigenvalue weighted by Crippen LogP contribution is -2.32. The first-order valence-corrected chi connectivity index (χ1v) is 11.9. The predicted molar refractivity (Wildman–Crippen MR) is 130 cm³/mol. The molecule has 0 aliphatic heterocycles. The first-order valence-electron chi connectivity index (χ1n) is 11.0. The minimum atomic E-state index is -0.376. The molecule has 0 saturated carbocycles. The van der Waals surface area contributed by atoms with Crippen molar-refractivity contribution in [2.45, 2.75) is 43.6 Å². The molecule has 1 unspecified atom stereocenters. The van der Waals surface area contributed by atoms with Gasteiger partial charge in [-0.2, -0.15) is 0 Å². The number of hydrogen-bond donors (Lipinski definition) is 1. The molecule has 4 aromatic rings. The van der Waals surface area contributed by atoms with Crippen molar-refractivity contribution in [3.63, 3.8) is 0 Å².